The van der Waals surface area contributed by atoms with Crippen LogP contribution in [0.25, 0.3) is 16.6 Å². The molecule has 136 valence electrons. The third-order valence-corrected chi connectivity index (χ3v) is 5.60. The number of nitrogens with zero attached hydrogens (tertiary/aromatic N) is 3. The summed E-state index contributed by atoms with van der Waals surface area (Å²) in [6.45, 7) is 3.91. The third-order valence-electron chi connectivity index (χ3n) is 4.32. The second-order valence-corrected chi connectivity index (χ2v) is 8.02. The Hall–Kier alpha value is -2.57. The monoisotopic (exact) mass is 396 g/mol. The predicted molar refractivity (Wildman–Crippen MR) is 111 cm³/mol. The van der Waals surface area contributed by atoms with Crippen molar-refractivity contribution in [2.24, 2.45) is 0 Å². The third kappa shape index (κ3) is 3.50. The summed E-state index contributed by atoms with van der Waals surface area (Å²) in [6, 6.07) is 17.2. The number of hydrogen-bond donors (Lipinski definition) is 1. The quantitative estimate of drug-likeness (QED) is 0.495. The zero-order valence-electron chi connectivity index (χ0n) is 14.8. The first-order valence-electron chi connectivity index (χ1n) is 8.49. The van der Waals surface area contributed by atoms with Crippen molar-refractivity contribution in [3.8, 4) is 0 Å². The van der Waals surface area contributed by atoms with Crippen LogP contribution in [-0.4, -0.2) is 25.8 Å². The molecule has 0 spiro atoms. The number of carbonyl (C=O) groups excluding carboxylic acids is 1. The highest BCUT2D eigenvalue weighted by molar-refractivity contribution is 8.00. The molecule has 4 rings (SSSR count). The number of hydrogen-bond acceptors (Lipinski definition) is 4. The summed E-state index contributed by atoms with van der Waals surface area (Å²) in [5.41, 5.74) is 3.62. The number of carbonyl (C=O) groups is 1. The molecule has 0 aliphatic rings. The molecule has 4 aromatic rings. The van der Waals surface area contributed by atoms with E-state index in [4.69, 9.17) is 11.6 Å². The van der Waals surface area contributed by atoms with Crippen LogP contribution in [0.4, 0.5) is 5.69 Å². The molecule has 7 heteroatoms. The van der Waals surface area contributed by atoms with E-state index in [1.165, 1.54) is 11.8 Å². The van der Waals surface area contributed by atoms with Gasteiger partial charge in [0.05, 0.1) is 10.8 Å². The lowest BCUT2D eigenvalue weighted by Crippen LogP contribution is -2.22. The summed E-state index contributed by atoms with van der Waals surface area (Å²) in [4.78, 5) is 12.6. The molecule has 0 aliphatic carbocycles. The number of anilines is 1. The summed E-state index contributed by atoms with van der Waals surface area (Å²) in [5.74, 6) is -0.115. The minimum Gasteiger partial charge on any atom is -0.325 e. The molecular weight excluding hydrogens is 380 g/mol. The number of para-hydroxylation sites is 1. The first-order chi connectivity index (χ1) is 13.0. The van der Waals surface area contributed by atoms with Crippen molar-refractivity contribution in [1.82, 2.24) is 14.6 Å². The minimum absolute atomic E-state index is 0.115. The largest absolute Gasteiger partial charge is 0.325 e. The van der Waals surface area contributed by atoms with Crippen LogP contribution in [0.5, 0.6) is 0 Å². The number of thioether (sulfide) groups is 1. The number of fused-ring (bicyclic) bond motifs is 3. The lowest BCUT2D eigenvalue weighted by Gasteiger charge is -2.12. The Morgan fingerprint density at radius 1 is 1.15 bits per heavy atom. The predicted octanol–water partition coefficient (Wildman–Crippen LogP) is 4.96. The second-order valence-electron chi connectivity index (χ2n) is 6.28. The van der Waals surface area contributed by atoms with Gasteiger partial charge in [-0.25, -0.2) is 0 Å². The summed E-state index contributed by atoms with van der Waals surface area (Å²) in [5, 5.41) is 13.5. The molecule has 0 fully saturated rings. The van der Waals surface area contributed by atoms with Gasteiger partial charge in [-0.2, -0.15) is 0 Å². The normalized spacial score (nSPS) is 12.4. The van der Waals surface area contributed by atoms with Crippen LogP contribution >= 0.6 is 23.4 Å². The molecule has 27 heavy (non-hydrogen) atoms. The van der Waals surface area contributed by atoms with E-state index in [2.05, 4.69) is 28.5 Å². The van der Waals surface area contributed by atoms with E-state index in [9.17, 15) is 4.79 Å². The van der Waals surface area contributed by atoms with Crippen molar-refractivity contribution in [1.29, 1.82) is 0 Å². The van der Waals surface area contributed by atoms with Crippen molar-refractivity contribution >= 4 is 51.5 Å². The van der Waals surface area contributed by atoms with Crippen molar-refractivity contribution < 1.29 is 4.79 Å². The van der Waals surface area contributed by atoms with Gasteiger partial charge in [0.25, 0.3) is 0 Å². The number of rotatable bonds is 4. The van der Waals surface area contributed by atoms with Crippen LogP contribution in [-0.2, 0) is 4.79 Å². The first kappa shape index (κ1) is 17.8. The summed E-state index contributed by atoms with van der Waals surface area (Å²) in [7, 11) is 0. The number of halogens is 1. The topological polar surface area (TPSA) is 59.3 Å². The average molecular weight is 397 g/mol. The van der Waals surface area contributed by atoms with E-state index in [0.717, 1.165) is 22.1 Å². The van der Waals surface area contributed by atoms with Crippen LogP contribution < -0.4 is 5.32 Å². The van der Waals surface area contributed by atoms with Crippen LogP contribution in [0.3, 0.4) is 0 Å². The van der Waals surface area contributed by atoms with Crippen LogP contribution in [0.15, 0.2) is 59.8 Å². The van der Waals surface area contributed by atoms with Gasteiger partial charge < -0.3 is 5.32 Å². The fraction of sp³-hybridized carbons (Fsp3) is 0.150. The van der Waals surface area contributed by atoms with Crippen molar-refractivity contribution in [3.05, 3.63) is 65.2 Å². The molecule has 5 nitrogen and oxygen atoms in total. The highest BCUT2D eigenvalue weighted by atomic mass is 35.5. The summed E-state index contributed by atoms with van der Waals surface area (Å²) < 4.78 is 2.00. The van der Waals surface area contributed by atoms with E-state index in [0.29, 0.717) is 15.9 Å². The van der Waals surface area contributed by atoms with E-state index in [1.807, 2.05) is 41.7 Å². The lowest BCUT2D eigenvalue weighted by atomic mass is 10.1. The molecule has 1 amide bonds. The molecule has 0 bridgehead atoms. The average Bonchev–Trinajstić information content (AvgIpc) is 3.04. The zero-order chi connectivity index (χ0) is 19.0. The maximum absolute atomic E-state index is 12.6. The molecule has 0 saturated carbocycles. The number of benzene rings is 2. The van der Waals surface area contributed by atoms with E-state index >= 15 is 0 Å². The molecule has 2 aromatic carbocycles. The highest BCUT2D eigenvalue weighted by Crippen LogP contribution is 2.28. The molecule has 0 radical (unpaired) electrons. The Balaban J connectivity index is 1.63. The number of aryl methyl sites for hydroxylation is 1. The molecule has 0 saturated heterocycles. The minimum atomic E-state index is -0.351. The number of amides is 1. The zero-order valence-corrected chi connectivity index (χ0v) is 16.4. The SMILES string of the molecule is Cc1cc2nnc(SC(C)C(=O)Nc3cccc(Cl)c3)n2c2ccccc12. The summed E-state index contributed by atoms with van der Waals surface area (Å²) >= 11 is 7.35. The summed E-state index contributed by atoms with van der Waals surface area (Å²) in [6.07, 6.45) is 0. The van der Waals surface area contributed by atoms with Gasteiger partial charge in [-0.3, -0.25) is 9.20 Å². The molecule has 1 unspecified atom stereocenters. The number of aromatic nitrogens is 3. The molecular formula is C20H17ClN4OS. The second kappa shape index (κ2) is 7.21. The van der Waals surface area contributed by atoms with Crippen LogP contribution in [0, 0.1) is 6.92 Å². The van der Waals surface area contributed by atoms with Gasteiger partial charge in [0.2, 0.25) is 5.91 Å². The van der Waals surface area contributed by atoms with Crippen LogP contribution in [0.2, 0.25) is 5.02 Å². The molecule has 2 aromatic heterocycles. The Kier molecular flexibility index (Phi) is 4.76. The van der Waals surface area contributed by atoms with Crippen LogP contribution in [0.1, 0.15) is 12.5 Å². The molecule has 2 heterocycles. The molecule has 1 N–H and O–H groups in total. The van der Waals surface area contributed by atoms with E-state index in [1.54, 1.807) is 18.2 Å². The maximum atomic E-state index is 12.6. The Labute approximate surface area is 165 Å². The van der Waals surface area contributed by atoms with Gasteiger partial charge in [0.15, 0.2) is 10.8 Å². The van der Waals surface area contributed by atoms with Gasteiger partial charge >= 0.3 is 0 Å². The Bertz CT molecular complexity index is 1160. The maximum Gasteiger partial charge on any atom is 0.237 e. The van der Waals surface area contributed by atoms with Gasteiger partial charge in [-0.1, -0.05) is 47.6 Å². The highest BCUT2D eigenvalue weighted by Gasteiger charge is 2.19. The first-order valence-corrected chi connectivity index (χ1v) is 9.75. The smallest absolute Gasteiger partial charge is 0.237 e. The molecule has 1 atom stereocenters. The van der Waals surface area contributed by atoms with Crippen molar-refractivity contribution in [3.63, 3.8) is 0 Å². The Morgan fingerprint density at radius 2 is 1.96 bits per heavy atom. The van der Waals surface area contributed by atoms with E-state index < -0.39 is 0 Å². The van der Waals surface area contributed by atoms with Gasteiger partial charge in [0.1, 0.15) is 0 Å². The lowest BCUT2D eigenvalue weighted by molar-refractivity contribution is -0.115. The standard InChI is InChI=1S/C20H17ClN4OS/c1-12-10-18-23-24-20(25(18)17-9-4-3-8-16(12)17)27-13(2)19(26)22-15-7-5-6-14(21)11-15/h3-11,13H,1-2H3,(H,22,26). The van der Waals surface area contributed by atoms with Crippen molar-refractivity contribution in [2.45, 2.75) is 24.3 Å². The van der Waals surface area contributed by atoms with Gasteiger partial charge in [0, 0.05) is 16.1 Å². The van der Waals surface area contributed by atoms with Gasteiger partial charge in [-0.05, 0) is 49.7 Å². The number of nitrogens with one attached hydrogen (secondary N) is 1. The fourth-order valence-electron chi connectivity index (χ4n) is 2.97. The van der Waals surface area contributed by atoms with Gasteiger partial charge in [-0.15, -0.1) is 10.2 Å². The van der Waals surface area contributed by atoms with Crippen molar-refractivity contribution in [2.75, 3.05) is 5.32 Å². The fourth-order valence-corrected chi connectivity index (χ4v) is 4.03. The number of pyridine rings is 1. The van der Waals surface area contributed by atoms with E-state index in [-0.39, 0.29) is 11.2 Å². The Morgan fingerprint density at radius 3 is 2.78 bits per heavy atom. The molecule has 0 aliphatic heterocycles.